The summed E-state index contributed by atoms with van der Waals surface area (Å²) in [5, 5.41) is 9.04. The van der Waals surface area contributed by atoms with Crippen molar-refractivity contribution >= 4 is 25.6 Å². The summed E-state index contributed by atoms with van der Waals surface area (Å²) < 4.78 is 23.0. The SMILES string of the molecule is Cc1[nH]nc(C(=O)NCC2CCCCC2C)c1S(=O)(=O)Cl. The van der Waals surface area contributed by atoms with E-state index in [2.05, 4.69) is 22.4 Å². The van der Waals surface area contributed by atoms with Gasteiger partial charge in [0.2, 0.25) is 0 Å². The molecular formula is C13H20ClN3O3S. The van der Waals surface area contributed by atoms with Gasteiger partial charge in [0, 0.05) is 17.2 Å². The summed E-state index contributed by atoms with van der Waals surface area (Å²) >= 11 is 0. The van der Waals surface area contributed by atoms with Gasteiger partial charge in [-0.05, 0) is 25.2 Å². The number of halogens is 1. The minimum Gasteiger partial charge on any atom is -0.350 e. The van der Waals surface area contributed by atoms with E-state index in [4.69, 9.17) is 10.7 Å². The average Bonchev–Trinajstić information content (AvgIpc) is 2.79. The average molecular weight is 334 g/mol. The van der Waals surface area contributed by atoms with Crippen LogP contribution in [0.3, 0.4) is 0 Å². The maximum absolute atomic E-state index is 12.2. The third-order valence-electron chi connectivity index (χ3n) is 4.16. The van der Waals surface area contributed by atoms with Crippen LogP contribution in [0.5, 0.6) is 0 Å². The van der Waals surface area contributed by atoms with Crippen molar-refractivity contribution < 1.29 is 13.2 Å². The van der Waals surface area contributed by atoms with Crippen LogP contribution in [-0.2, 0) is 9.05 Å². The van der Waals surface area contributed by atoms with Crippen LogP contribution in [0.25, 0.3) is 0 Å². The molecule has 1 aromatic rings. The molecule has 1 fully saturated rings. The topological polar surface area (TPSA) is 91.9 Å². The van der Waals surface area contributed by atoms with Gasteiger partial charge in [-0.15, -0.1) is 0 Å². The van der Waals surface area contributed by atoms with E-state index in [1.165, 1.54) is 26.2 Å². The molecule has 6 nitrogen and oxygen atoms in total. The zero-order valence-corrected chi connectivity index (χ0v) is 13.7. The van der Waals surface area contributed by atoms with Gasteiger partial charge >= 0.3 is 0 Å². The molecule has 2 unspecified atom stereocenters. The van der Waals surface area contributed by atoms with Crippen LogP contribution in [0.4, 0.5) is 0 Å². The molecule has 21 heavy (non-hydrogen) atoms. The highest BCUT2D eigenvalue weighted by atomic mass is 35.7. The van der Waals surface area contributed by atoms with Crippen LogP contribution in [-0.4, -0.2) is 31.1 Å². The first-order valence-electron chi connectivity index (χ1n) is 7.08. The normalized spacial score (nSPS) is 23.0. The summed E-state index contributed by atoms with van der Waals surface area (Å²) in [6.45, 7) is 4.24. The number of H-pyrrole nitrogens is 1. The number of carbonyl (C=O) groups is 1. The van der Waals surface area contributed by atoms with Crippen molar-refractivity contribution in [3.63, 3.8) is 0 Å². The second-order valence-corrected chi connectivity index (χ2v) is 8.20. The highest BCUT2D eigenvalue weighted by molar-refractivity contribution is 8.13. The van der Waals surface area contributed by atoms with Crippen molar-refractivity contribution in [3.05, 3.63) is 11.4 Å². The molecule has 1 aliphatic carbocycles. The fraction of sp³-hybridized carbons (Fsp3) is 0.692. The Morgan fingerprint density at radius 3 is 2.71 bits per heavy atom. The second kappa shape index (κ2) is 6.36. The lowest BCUT2D eigenvalue weighted by atomic mass is 9.80. The van der Waals surface area contributed by atoms with E-state index in [-0.39, 0.29) is 16.3 Å². The first kappa shape index (κ1) is 16.3. The van der Waals surface area contributed by atoms with Gasteiger partial charge < -0.3 is 5.32 Å². The summed E-state index contributed by atoms with van der Waals surface area (Å²) in [7, 11) is 1.36. The zero-order valence-electron chi connectivity index (χ0n) is 12.1. The highest BCUT2D eigenvalue weighted by Crippen LogP contribution is 2.29. The quantitative estimate of drug-likeness (QED) is 0.826. The summed E-state index contributed by atoms with van der Waals surface area (Å²) in [5.74, 6) is 0.492. The standard InChI is InChI=1S/C13H20ClN3O3S/c1-8-5-3-4-6-10(8)7-15-13(18)11-12(21(14,19)20)9(2)16-17-11/h8,10H,3-7H2,1-2H3,(H,15,18)(H,16,17). The Bertz CT molecular complexity index is 627. The third kappa shape index (κ3) is 3.77. The number of hydrogen-bond donors (Lipinski definition) is 2. The van der Waals surface area contributed by atoms with Crippen molar-refractivity contribution in [2.75, 3.05) is 6.54 Å². The van der Waals surface area contributed by atoms with Crippen molar-refractivity contribution in [2.45, 2.75) is 44.4 Å². The Balaban J connectivity index is 2.08. The van der Waals surface area contributed by atoms with Crippen LogP contribution in [0, 0.1) is 18.8 Å². The van der Waals surface area contributed by atoms with Gasteiger partial charge in [0.1, 0.15) is 4.90 Å². The highest BCUT2D eigenvalue weighted by Gasteiger charge is 2.28. The molecule has 0 aliphatic heterocycles. The van der Waals surface area contributed by atoms with Crippen molar-refractivity contribution in [1.29, 1.82) is 0 Å². The summed E-state index contributed by atoms with van der Waals surface area (Å²) in [6, 6.07) is 0. The molecule has 2 atom stereocenters. The van der Waals surface area contributed by atoms with Gasteiger partial charge in [0.15, 0.2) is 5.69 Å². The van der Waals surface area contributed by atoms with Crippen LogP contribution < -0.4 is 5.32 Å². The van der Waals surface area contributed by atoms with Crippen LogP contribution in [0.2, 0.25) is 0 Å². The smallest absolute Gasteiger partial charge is 0.273 e. The summed E-state index contributed by atoms with van der Waals surface area (Å²) in [5.41, 5.74) is 0.104. The lowest BCUT2D eigenvalue weighted by Crippen LogP contribution is -2.34. The number of aromatic amines is 1. The molecule has 0 radical (unpaired) electrons. The summed E-state index contributed by atoms with van der Waals surface area (Å²) in [6.07, 6.45) is 4.66. The molecule has 0 aromatic carbocycles. The predicted molar refractivity (Wildman–Crippen MR) is 79.8 cm³/mol. The number of aromatic nitrogens is 2. The van der Waals surface area contributed by atoms with Gasteiger partial charge in [-0.25, -0.2) is 8.42 Å². The van der Waals surface area contributed by atoms with Crippen LogP contribution >= 0.6 is 10.7 Å². The van der Waals surface area contributed by atoms with Crippen molar-refractivity contribution in [1.82, 2.24) is 15.5 Å². The fourth-order valence-electron chi connectivity index (χ4n) is 2.87. The molecule has 1 aromatic heterocycles. The van der Waals surface area contributed by atoms with Gasteiger partial charge in [-0.3, -0.25) is 9.89 Å². The van der Waals surface area contributed by atoms with Crippen molar-refractivity contribution in [3.8, 4) is 0 Å². The van der Waals surface area contributed by atoms with E-state index >= 15 is 0 Å². The lowest BCUT2D eigenvalue weighted by Gasteiger charge is -2.28. The largest absolute Gasteiger partial charge is 0.350 e. The molecule has 1 heterocycles. The molecule has 1 amide bonds. The number of aryl methyl sites for hydroxylation is 1. The molecular weight excluding hydrogens is 314 g/mol. The molecule has 0 saturated heterocycles. The van der Waals surface area contributed by atoms with Crippen molar-refractivity contribution in [2.24, 2.45) is 11.8 Å². The molecule has 1 aliphatic rings. The van der Waals surface area contributed by atoms with E-state index < -0.39 is 15.0 Å². The lowest BCUT2D eigenvalue weighted by molar-refractivity contribution is 0.0928. The fourth-order valence-corrected chi connectivity index (χ4v) is 4.22. The van der Waals surface area contributed by atoms with Gasteiger partial charge in [0.25, 0.3) is 15.0 Å². The second-order valence-electron chi connectivity index (χ2n) is 5.70. The Hall–Kier alpha value is -1.08. The van der Waals surface area contributed by atoms with Crippen LogP contribution in [0.1, 0.15) is 48.8 Å². The monoisotopic (exact) mass is 333 g/mol. The Morgan fingerprint density at radius 1 is 1.43 bits per heavy atom. The molecule has 8 heteroatoms. The summed E-state index contributed by atoms with van der Waals surface area (Å²) in [4.78, 5) is 11.9. The van der Waals surface area contributed by atoms with E-state index in [9.17, 15) is 13.2 Å². The Kier molecular flexibility index (Phi) is 4.93. The molecule has 0 bridgehead atoms. The maximum atomic E-state index is 12.2. The molecule has 118 valence electrons. The number of nitrogens with zero attached hydrogens (tertiary/aromatic N) is 1. The number of hydrogen-bond acceptors (Lipinski definition) is 4. The van der Waals surface area contributed by atoms with E-state index in [1.807, 2.05) is 0 Å². The Labute approximate surface area is 129 Å². The first-order chi connectivity index (χ1) is 9.80. The van der Waals surface area contributed by atoms with E-state index in [1.54, 1.807) is 0 Å². The predicted octanol–water partition coefficient (Wildman–Crippen LogP) is 2.20. The number of carbonyl (C=O) groups excluding carboxylic acids is 1. The van der Waals surface area contributed by atoms with Gasteiger partial charge in [-0.1, -0.05) is 26.2 Å². The maximum Gasteiger partial charge on any atom is 0.273 e. The molecule has 2 N–H and O–H groups in total. The number of nitrogens with one attached hydrogen (secondary N) is 2. The Morgan fingerprint density at radius 2 is 2.10 bits per heavy atom. The number of rotatable bonds is 4. The first-order valence-corrected chi connectivity index (χ1v) is 9.39. The number of amides is 1. The van der Waals surface area contributed by atoms with E-state index in [0.29, 0.717) is 18.4 Å². The molecule has 2 rings (SSSR count). The van der Waals surface area contributed by atoms with Gasteiger partial charge in [-0.2, -0.15) is 5.10 Å². The molecule has 1 saturated carbocycles. The minimum atomic E-state index is -4.00. The van der Waals surface area contributed by atoms with E-state index in [0.717, 1.165) is 6.42 Å². The zero-order chi connectivity index (χ0) is 15.6. The minimum absolute atomic E-state index is 0.161. The molecule has 0 spiro atoms. The van der Waals surface area contributed by atoms with Crippen LogP contribution in [0.15, 0.2) is 4.90 Å². The third-order valence-corrected chi connectivity index (χ3v) is 5.61. The van der Waals surface area contributed by atoms with Gasteiger partial charge in [0.05, 0.1) is 5.69 Å².